The number of fused-ring (bicyclic) bond motifs is 3. The third-order valence-corrected chi connectivity index (χ3v) is 7.62. The highest BCUT2D eigenvalue weighted by atomic mass is 32.2. The van der Waals surface area contributed by atoms with Gasteiger partial charge in [0.1, 0.15) is 11.6 Å². The van der Waals surface area contributed by atoms with Crippen molar-refractivity contribution < 1.29 is 5.11 Å². The first-order valence-electron chi connectivity index (χ1n) is 11.8. The largest absolute Gasteiger partial charge is 0.507 e. The molecule has 0 atom stereocenters. The van der Waals surface area contributed by atoms with E-state index < -0.39 is 0 Å². The molecule has 6 aromatic rings. The maximum atomic E-state index is 11.4. The van der Waals surface area contributed by atoms with Gasteiger partial charge < -0.3 is 10.0 Å². The molecule has 0 fully saturated rings. The molecule has 1 N–H and O–H groups in total. The molecular weight excluding hydrogens is 462 g/mol. The van der Waals surface area contributed by atoms with E-state index in [9.17, 15) is 5.11 Å². The van der Waals surface area contributed by atoms with Crippen LogP contribution < -0.4 is 4.90 Å². The number of para-hydroxylation sites is 5. The molecule has 0 saturated heterocycles. The molecule has 7 rings (SSSR count). The standard InChI is InChI=1S/C31H21N3OS/c35-28-20-22(33-26-14-6-8-16-29(26)36-30-17-9-7-15-27(30)33)18-19-23(28)31-32-24-12-4-5-13-25(24)34(31)21-10-2-1-3-11-21/h1-20,35H. The van der Waals surface area contributed by atoms with Gasteiger partial charge in [-0.15, -0.1) is 0 Å². The lowest BCUT2D eigenvalue weighted by atomic mass is 10.1. The van der Waals surface area contributed by atoms with Crippen LogP contribution in [0.4, 0.5) is 17.1 Å². The Labute approximate surface area is 213 Å². The van der Waals surface area contributed by atoms with Crippen molar-refractivity contribution in [2.75, 3.05) is 4.90 Å². The first kappa shape index (κ1) is 20.9. The van der Waals surface area contributed by atoms with Crippen molar-refractivity contribution >= 4 is 39.9 Å². The van der Waals surface area contributed by atoms with Gasteiger partial charge >= 0.3 is 0 Å². The topological polar surface area (TPSA) is 41.3 Å². The number of aromatic hydroxyl groups is 1. The Hall–Kier alpha value is -4.48. The average molecular weight is 484 g/mol. The third-order valence-electron chi connectivity index (χ3n) is 6.49. The minimum atomic E-state index is 0.188. The summed E-state index contributed by atoms with van der Waals surface area (Å²) in [4.78, 5) is 9.50. The summed E-state index contributed by atoms with van der Waals surface area (Å²) in [5.41, 5.74) is 6.68. The summed E-state index contributed by atoms with van der Waals surface area (Å²) in [5, 5.41) is 11.4. The Morgan fingerprint density at radius 1 is 0.611 bits per heavy atom. The number of nitrogens with zero attached hydrogens (tertiary/aromatic N) is 3. The van der Waals surface area contributed by atoms with E-state index in [0.717, 1.165) is 33.8 Å². The fourth-order valence-electron chi connectivity index (χ4n) is 4.88. The zero-order chi connectivity index (χ0) is 24.1. The van der Waals surface area contributed by atoms with Crippen LogP contribution in [0.2, 0.25) is 0 Å². The summed E-state index contributed by atoms with van der Waals surface area (Å²) in [7, 11) is 0. The molecule has 0 radical (unpaired) electrons. The van der Waals surface area contributed by atoms with Crippen LogP contribution in [0.25, 0.3) is 28.1 Å². The normalized spacial score (nSPS) is 12.4. The fraction of sp³-hybridized carbons (Fsp3) is 0. The first-order valence-corrected chi connectivity index (χ1v) is 12.6. The fourth-order valence-corrected chi connectivity index (χ4v) is 5.93. The van der Waals surface area contributed by atoms with Gasteiger partial charge in [-0.1, -0.05) is 66.4 Å². The molecule has 5 aromatic carbocycles. The Bertz CT molecular complexity index is 1700. The summed E-state index contributed by atoms with van der Waals surface area (Å²) in [6, 6.07) is 40.8. The predicted molar refractivity (Wildman–Crippen MR) is 147 cm³/mol. The number of benzene rings is 5. The molecule has 0 aliphatic carbocycles. The molecule has 1 aliphatic heterocycles. The molecule has 0 amide bonds. The lowest BCUT2D eigenvalue weighted by Crippen LogP contribution is -2.14. The van der Waals surface area contributed by atoms with E-state index in [4.69, 9.17) is 4.98 Å². The molecule has 0 unspecified atom stereocenters. The van der Waals surface area contributed by atoms with Crippen molar-refractivity contribution in [2.24, 2.45) is 0 Å². The first-order chi connectivity index (χ1) is 17.8. The molecule has 172 valence electrons. The number of aromatic nitrogens is 2. The van der Waals surface area contributed by atoms with Crippen molar-refractivity contribution in [3.63, 3.8) is 0 Å². The van der Waals surface area contributed by atoms with Gasteiger partial charge in [0.2, 0.25) is 0 Å². The van der Waals surface area contributed by atoms with Crippen LogP contribution >= 0.6 is 11.8 Å². The zero-order valence-corrected chi connectivity index (χ0v) is 20.1. The SMILES string of the molecule is Oc1cc(N2c3ccccc3Sc3ccccc32)ccc1-c1nc2ccccc2n1-c1ccccc1. The van der Waals surface area contributed by atoms with Gasteiger partial charge in [0.25, 0.3) is 0 Å². The molecule has 1 aliphatic rings. The van der Waals surface area contributed by atoms with Gasteiger partial charge in [-0.2, -0.15) is 0 Å². The van der Waals surface area contributed by atoms with Crippen molar-refractivity contribution in [1.82, 2.24) is 9.55 Å². The number of rotatable bonds is 3. The average Bonchev–Trinajstić information content (AvgIpc) is 3.31. The number of hydrogen-bond donors (Lipinski definition) is 1. The smallest absolute Gasteiger partial charge is 0.149 e. The van der Waals surface area contributed by atoms with E-state index >= 15 is 0 Å². The lowest BCUT2D eigenvalue weighted by Gasteiger charge is -2.33. The molecule has 2 heterocycles. The van der Waals surface area contributed by atoms with E-state index in [0.29, 0.717) is 11.4 Å². The highest BCUT2D eigenvalue weighted by molar-refractivity contribution is 7.99. The second-order valence-corrected chi connectivity index (χ2v) is 9.75. The van der Waals surface area contributed by atoms with Crippen LogP contribution in [0.3, 0.4) is 0 Å². The monoisotopic (exact) mass is 483 g/mol. The molecule has 0 spiro atoms. The van der Waals surface area contributed by atoms with E-state index in [1.165, 1.54) is 9.79 Å². The van der Waals surface area contributed by atoms with E-state index in [-0.39, 0.29) is 5.75 Å². The van der Waals surface area contributed by atoms with E-state index in [1.54, 1.807) is 11.8 Å². The lowest BCUT2D eigenvalue weighted by molar-refractivity contribution is 0.477. The number of hydrogen-bond acceptors (Lipinski definition) is 4. The van der Waals surface area contributed by atoms with Crippen LogP contribution in [0.15, 0.2) is 131 Å². The summed E-state index contributed by atoms with van der Waals surface area (Å²) in [6.07, 6.45) is 0. The van der Waals surface area contributed by atoms with Crippen molar-refractivity contribution in [3.8, 4) is 22.8 Å². The van der Waals surface area contributed by atoms with E-state index in [1.807, 2.05) is 48.5 Å². The Balaban J connectivity index is 1.40. The number of anilines is 3. The maximum Gasteiger partial charge on any atom is 0.149 e. The summed E-state index contributed by atoms with van der Waals surface area (Å²) >= 11 is 1.77. The van der Waals surface area contributed by atoms with Crippen molar-refractivity contribution in [2.45, 2.75) is 9.79 Å². The van der Waals surface area contributed by atoms with Crippen molar-refractivity contribution in [1.29, 1.82) is 0 Å². The van der Waals surface area contributed by atoms with Crippen molar-refractivity contribution in [3.05, 3.63) is 121 Å². The van der Waals surface area contributed by atoms with Gasteiger partial charge in [0, 0.05) is 27.2 Å². The predicted octanol–water partition coefficient (Wildman–Crippen LogP) is 8.33. The minimum absolute atomic E-state index is 0.188. The highest BCUT2D eigenvalue weighted by Gasteiger charge is 2.25. The Morgan fingerprint density at radius 3 is 1.97 bits per heavy atom. The van der Waals surface area contributed by atoms with Gasteiger partial charge in [-0.25, -0.2) is 4.98 Å². The van der Waals surface area contributed by atoms with Gasteiger partial charge in [-0.3, -0.25) is 4.57 Å². The van der Waals surface area contributed by atoms with Crippen LogP contribution in [0.5, 0.6) is 5.75 Å². The summed E-state index contributed by atoms with van der Waals surface area (Å²) in [5.74, 6) is 0.898. The van der Waals surface area contributed by atoms with Crippen LogP contribution in [-0.2, 0) is 0 Å². The second kappa shape index (κ2) is 8.33. The van der Waals surface area contributed by atoms with Gasteiger partial charge in [0.05, 0.1) is 28.0 Å². The molecule has 36 heavy (non-hydrogen) atoms. The molecule has 4 nitrogen and oxygen atoms in total. The summed E-state index contributed by atoms with van der Waals surface area (Å²) < 4.78 is 2.10. The summed E-state index contributed by atoms with van der Waals surface area (Å²) in [6.45, 7) is 0. The van der Waals surface area contributed by atoms with Gasteiger partial charge in [0.15, 0.2) is 0 Å². The van der Waals surface area contributed by atoms with Crippen LogP contribution in [-0.4, -0.2) is 14.7 Å². The zero-order valence-electron chi connectivity index (χ0n) is 19.2. The Kier molecular flexibility index (Phi) is 4.82. The third kappa shape index (κ3) is 3.28. The Morgan fingerprint density at radius 2 is 1.25 bits per heavy atom. The molecule has 1 aromatic heterocycles. The quantitative estimate of drug-likeness (QED) is 0.274. The number of imidazole rings is 1. The molecule has 0 saturated carbocycles. The minimum Gasteiger partial charge on any atom is -0.507 e. The number of phenolic OH excluding ortho intramolecular Hbond substituents is 1. The highest BCUT2D eigenvalue weighted by Crippen LogP contribution is 2.52. The number of phenols is 1. The molecule has 0 bridgehead atoms. The van der Waals surface area contributed by atoms with Crippen LogP contribution in [0, 0.1) is 0 Å². The second-order valence-electron chi connectivity index (χ2n) is 8.67. The maximum absolute atomic E-state index is 11.4. The van der Waals surface area contributed by atoms with Gasteiger partial charge in [-0.05, 0) is 60.7 Å². The van der Waals surface area contributed by atoms with Crippen LogP contribution in [0.1, 0.15) is 0 Å². The van der Waals surface area contributed by atoms with E-state index in [2.05, 4.69) is 82.3 Å². The molecular formula is C31H21N3OS. The molecule has 5 heteroatoms.